The molecule has 0 spiro atoms. The second kappa shape index (κ2) is 3.78. The molecule has 2 aromatic rings. The zero-order valence-corrected chi connectivity index (χ0v) is 10.6. The maximum absolute atomic E-state index is 4.49. The van der Waals surface area contributed by atoms with E-state index in [1.807, 2.05) is 11.7 Å². The van der Waals surface area contributed by atoms with Crippen LogP contribution in [0.15, 0.2) is 18.2 Å². The Morgan fingerprint density at radius 1 is 0.938 bits per heavy atom. The van der Waals surface area contributed by atoms with Crippen LogP contribution in [0.2, 0.25) is 0 Å². The number of rotatable bonds is 1. The fourth-order valence-corrected chi connectivity index (χ4v) is 2.34. The zero-order valence-electron chi connectivity index (χ0n) is 10.6. The van der Waals surface area contributed by atoms with Gasteiger partial charge in [-0.3, -0.25) is 4.68 Å². The van der Waals surface area contributed by atoms with Crippen LogP contribution in [0.5, 0.6) is 0 Å². The van der Waals surface area contributed by atoms with Crippen molar-refractivity contribution in [2.24, 2.45) is 7.05 Å². The third-order valence-corrected chi connectivity index (χ3v) is 3.24. The minimum atomic E-state index is 1.11. The Bertz CT molecular complexity index is 516. The molecular weight excluding hydrogens is 196 g/mol. The smallest absolute Gasteiger partial charge is 0.0674 e. The summed E-state index contributed by atoms with van der Waals surface area (Å²) in [4.78, 5) is 0. The average molecular weight is 214 g/mol. The van der Waals surface area contributed by atoms with E-state index in [0.717, 1.165) is 5.69 Å². The summed E-state index contributed by atoms with van der Waals surface area (Å²) in [7, 11) is 2.00. The van der Waals surface area contributed by atoms with E-state index in [-0.39, 0.29) is 0 Å². The van der Waals surface area contributed by atoms with Crippen molar-refractivity contribution >= 4 is 0 Å². The van der Waals surface area contributed by atoms with Gasteiger partial charge in [0.2, 0.25) is 0 Å². The van der Waals surface area contributed by atoms with E-state index in [4.69, 9.17) is 0 Å². The van der Waals surface area contributed by atoms with Crippen LogP contribution in [-0.2, 0) is 7.05 Å². The molecule has 0 amide bonds. The van der Waals surface area contributed by atoms with E-state index >= 15 is 0 Å². The minimum absolute atomic E-state index is 1.11. The molecule has 0 fully saturated rings. The molecule has 0 radical (unpaired) electrons. The molecule has 2 heteroatoms. The SMILES string of the molecule is Cc1cccc(C)c1-c1c(C)nn(C)c1C. The van der Waals surface area contributed by atoms with E-state index in [9.17, 15) is 0 Å². The van der Waals surface area contributed by atoms with Crippen molar-refractivity contribution in [3.8, 4) is 11.1 Å². The van der Waals surface area contributed by atoms with Crippen molar-refractivity contribution in [2.75, 3.05) is 0 Å². The fraction of sp³-hybridized carbons (Fsp3) is 0.357. The molecule has 0 atom stereocenters. The van der Waals surface area contributed by atoms with Crippen molar-refractivity contribution < 1.29 is 0 Å². The highest BCUT2D eigenvalue weighted by Crippen LogP contribution is 2.31. The molecule has 0 aliphatic rings. The predicted molar refractivity (Wildman–Crippen MR) is 67.6 cm³/mol. The minimum Gasteiger partial charge on any atom is -0.272 e. The maximum atomic E-state index is 4.49. The van der Waals surface area contributed by atoms with Gasteiger partial charge in [-0.2, -0.15) is 5.10 Å². The van der Waals surface area contributed by atoms with Crippen molar-refractivity contribution in [2.45, 2.75) is 27.7 Å². The van der Waals surface area contributed by atoms with E-state index in [1.165, 1.54) is 27.9 Å². The monoisotopic (exact) mass is 214 g/mol. The van der Waals surface area contributed by atoms with Crippen LogP contribution in [0.4, 0.5) is 0 Å². The summed E-state index contributed by atoms with van der Waals surface area (Å²) < 4.78 is 1.95. The Morgan fingerprint density at radius 3 is 1.94 bits per heavy atom. The molecule has 1 heterocycles. The van der Waals surface area contributed by atoms with Crippen LogP contribution in [0.3, 0.4) is 0 Å². The first-order valence-electron chi connectivity index (χ1n) is 5.59. The summed E-state index contributed by atoms with van der Waals surface area (Å²) in [5.41, 5.74) is 7.61. The lowest BCUT2D eigenvalue weighted by Gasteiger charge is -2.10. The van der Waals surface area contributed by atoms with Gasteiger partial charge in [-0.15, -0.1) is 0 Å². The van der Waals surface area contributed by atoms with Gasteiger partial charge >= 0.3 is 0 Å². The summed E-state index contributed by atoms with van der Waals surface area (Å²) in [6.45, 7) is 8.53. The largest absolute Gasteiger partial charge is 0.272 e. The normalized spacial score (nSPS) is 10.8. The van der Waals surface area contributed by atoms with Gasteiger partial charge in [-0.25, -0.2) is 0 Å². The number of benzene rings is 1. The van der Waals surface area contributed by atoms with Gasteiger partial charge < -0.3 is 0 Å². The van der Waals surface area contributed by atoms with Crippen molar-refractivity contribution in [3.63, 3.8) is 0 Å². The molecular formula is C14H18N2. The first kappa shape index (κ1) is 10.9. The fourth-order valence-electron chi connectivity index (χ4n) is 2.34. The second-order valence-corrected chi connectivity index (χ2v) is 4.44. The molecule has 0 aliphatic carbocycles. The zero-order chi connectivity index (χ0) is 11.9. The van der Waals surface area contributed by atoms with Crippen LogP contribution in [0.25, 0.3) is 11.1 Å². The highest BCUT2D eigenvalue weighted by atomic mass is 15.3. The molecule has 2 rings (SSSR count). The molecule has 2 nitrogen and oxygen atoms in total. The molecule has 0 unspecified atom stereocenters. The van der Waals surface area contributed by atoms with Gasteiger partial charge in [0.1, 0.15) is 0 Å². The molecule has 0 aliphatic heterocycles. The summed E-state index contributed by atoms with van der Waals surface area (Å²) in [5, 5.41) is 4.49. The van der Waals surface area contributed by atoms with Crippen molar-refractivity contribution in [1.82, 2.24) is 9.78 Å². The molecule has 0 saturated heterocycles. The van der Waals surface area contributed by atoms with Gasteiger partial charge in [0.15, 0.2) is 0 Å². The number of hydrogen-bond acceptors (Lipinski definition) is 1. The Kier molecular flexibility index (Phi) is 2.58. The van der Waals surface area contributed by atoms with Crippen LogP contribution >= 0.6 is 0 Å². The molecule has 0 N–H and O–H groups in total. The third kappa shape index (κ3) is 1.54. The van der Waals surface area contributed by atoms with E-state index in [0.29, 0.717) is 0 Å². The van der Waals surface area contributed by atoms with Gasteiger partial charge in [0.25, 0.3) is 0 Å². The number of nitrogens with zero attached hydrogens (tertiary/aromatic N) is 2. The number of hydrogen-bond donors (Lipinski definition) is 0. The van der Waals surface area contributed by atoms with Crippen LogP contribution in [0, 0.1) is 27.7 Å². The number of aryl methyl sites for hydroxylation is 4. The summed E-state index contributed by atoms with van der Waals surface area (Å²) >= 11 is 0. The first-order valence-corrected chi connectivity index (χ1v) is 5.59. The van der Waals surface area contributed by atoms with Crippen molar-refractivity contribution in [3.05, 3.63) is 40.7 Å². The Hall–Kier alpha value is -1.57. The quantitative estimate of drug-likeness (QED) is 0.712. The van der Waals surface area contributed by atoms with Gasteiger partial charge in [0, 0.05) is 18.3 Å². The standard InChI is InChI=1S/C14H18N2/c1-9-7-6-8-10(2)13(9)14-11(3)15-16(5)12(14)4/h6-8H,1-5H3. The lowest BCUT2D eigenvalue weighted by atomic mass is 9.94. The average Bonchev–Trinajstić information content (AvgIpc) is 2.44. The third-order valence-electron chi connectivity index (χ3n) is 3.24. The summed E-state index contributed by atoms with van der Waals surface area (Å²) in [6, 6.07) is 6.43. The lowest BCUT2D eigenvalue weighted by Crippen LogP contribution is -1.94. The lowest BCUT2D eigenvalue weighted by molar-refractivity contribution is 0.731. The highest BCUT2D eigenvalue weighted by Gasteiger charge is 2.14. The Morgan fingerprint density at radius 2 is 1.50 bits per heavy atom. The first-order chi connectivity index (χ1) is 7.52. The highest BCUT2D eigenvalue weighted by molar-refractivity contribution is 5.74. The van der Waals surface area contributed by atoms with Gasteiger partial charge in [0.05, 0.1) is 5.69 Å². The molecule has 0 bridgehead atoms. The molecule has 16 heavy (non-hydrogen) atoms. The van der Waals surface area contributed by atoms with Gasteiger partial charge in [-0.1, -0.05) is 18.2 Å². The van der Waals surface area contributed by atoms with Crippen molar-refractivity contribution in [1.29, 1.82) is 0 Å². The van der Waals surface area contributed by atoms with Crippen LogP contribution in [0.1, 0.15) is 22.5 Å². The molecule has 0 saturated carbocycles. The van der Waals surface area contributed by atoms with Gasteiger partial charge in [-0.05, 0) is 44.4 Å². The van der Waals surface area contributed by atoms with E-state index in [1.54, 1.807) is 0 Å². The van der Waals surface area contributed by atoms with E-state index < -0.39 is 0 Å². The van der Waals surface area contributed by atoms with Crippen LogP contribution < -0.4 is 0 Å². The number of aromatic nitrogens is 2. The van der Waals surface area contributed by atoms with E-state index in [2.05, 4.69) is 51.0 Å². The maximum Gasteiger partial charge on any atom is 0.0674 e. The Labute approximate surface area is 96.9 Å². The predicted octanol–water partition coefficient (Wildman–Crippen LogP) is 3.32. The summed E-state index contributed by atoms with van der Waals surface area (Å²) in [5.74, 6) is 0. The topological polar surface area (TPSA) is 17.8 Å². The second-order valence-electron chi connectivity index (χ2n) is 4.44. The van der Waals surface area contributed by atoms with Crippen LogP contribution in [-0.4, -0.2) is 9.78 Å². The Balaban J connectivity index is 2.77. The molecule has 84 valence electrons. The molecule has 1 aromatic heterocycles. The molecule has 1 aromatic carbocycles. The summed E-state index contributed by atoms with van der Waals surface area (Å²) in [6.07, 6.45) is 0.